The zero-order valence-electron chi connectivity index (χ0n) is 14.9. The molecule has 1 amide bonds. The Kier molecular flexibility index (Phi) is 6.59. The van der Waals surface area contributed by atoms with Crippen LogP contribution in [-0.4, -0.2) is 30.4 Å². The van der Waals surface area contributed by atoms with Crippen LogP contribution in [0.4, 0.5) is 5.00 Å². The van der Waals surface area contributed by atoms with Crippen molar-refractivity contribution in [3.63, 3.8) is 0 Å². The summed E-state index contributed by atoms with van der Waals surface area (Å²) >= 11 is 1.59. The minimum atomic E-state index is -0.0155. The predicted molar refractivity (Wildman–Crippen MR) is 100 cm³/mol. The van der Waals surface area contributed by atoms with Gasteiger partial charge in [-0.15, -0.1) is 11.3 Å². The van der Waals surface area contributed by atoms with E-state index in [1.165, 1.54) is 4.88 Å². The summed E-state index contributed by atoms with van der Waals surface area (Å²) in [5.74, 6) is 0.643. The molecule has 24 heavy (non-hydrogen) atoms. The van der Waals surface area contributed by atoms with E-state index in [9.17, 15) is 10.1 Å². The van der Waals surface area contributed by atoms with Crippen LogP contribution in [0, 0.1) is 17.2 Å². The van der Waals surface area contributed by atoms with Gasteiger partial charge in [-0.05, 0) is 44.2 Å². The summed E-state index contributed by atoms with van der Waals surface area (Å²) in [6.45, 7) is 12.7. The fourth-order valence-corrected chi connectivity index (χ4v) is 4.51. The minimum absolute atomic E-state index is 0.0155. The van der Waals surface area contributed by atoms with E-state index in [-0.39, 0.29) is 5.91 Å². The number of nitriles is 1. The van der Waals surface area contributed by atoms with E-state index in [1.807, 2.05) is 6.92 Å². The van der Waals surface area contributed by atoms with E-state index >= 15 is 0 Å². The van der Waals surface area contributed by atoms with E-state index < -0.39 is 0 Å². The molecule has 0 bridgehead atoms. The van der Waals surface area contributed by atoms with Gasteiger partial charge >= 0.3 is 0 Å². The van der Waals surface area contributed by atoms with Gasteiger partial charge in [0.1, 0.15) is 11.1 Å². The molecule has 1 aliphatic rings. The molecule has 0 fully saturated rings. The molecule has 1 N–H and O–H groups in total. The SMILES string of the molecule is C=C(C)CN(CC)CCC(=O)Nc1sc2c(c1C#N)CCC(C)C2. The first-order valence-electron chi connectivity index (χ1n) is 8.65. The topological polar surface area (TPSA) is 56.1 Å². The molecular formula is C19H27N3OS. The first kappa shape index (κ1) is 18.7. The molecule has 1 aliphatic carbocycles. The van der Waals surface area contributed by atoms with Gasteiger partial charge in [-0.2, -0.15) is 5.26 Å². The van der Waals surface area contributed by atoms with Gasteiger partial charge in [-0.3, -0.25) is 9.69 Å². The van der Waals surface area contributed by atoms with Crippen molar-refractivity contribution < 1.29 is 4.79 Å². The second kappa shape index (κ2) is 8.46. The zero-order valence-corrected chi connectivity index (χ0v) is 15.8. The minimum Gasteiger partial charge on any atom is -0.317 e. The van der Waals surface area contributed by atoms with Crippen molar-refractivity contribution in [2.75, 3.05) is 25.0 Å². The average molecular weight is 346 g/mol. The number of hydrogen-bond donors (Lipinski definition) is 1. The Morgan fingerprint density at radius 3 is 2.92 bits per heavy atom. The lowest BCUT2D eigenvalue weighted by Gasteiger charge is -2.19. The van der Waals surface area contributed by atoms with Crippen molar-refractivity contribution >= 4 is 22.2 Å². The molecule has 5 heteroatoms. The van der Waals surface area contributed by atoms with E-state index in [4.69, 9.17) is 0 Å². The number of nitrogens with zero attached hydrogens (tertiary/aromatic N) is 2. The lowest BCUT2D eigenvalue weighted by molar-refractivity contribution is -0.116. The largest absolute Gasteiger partial charge is 0.317 e. The highest BCUT2D eigenvalue weighted by Gasteiger charge is 2.24. The molecule has 0 aliphatic heterocycles. The molecule has 130 valence electrons. The number of hydrogen-bond acceptors (Lipinski definition) is 4. The fourth-order valence-electron chi connectivity index (χ4n) is 3.14. The number of nitrogens with one attached hydrogen (secondary N) is 1. The molecule has 1 aromatic rings. The lowest BCUT2D eigenvalue weighted by atomic mass is 9.89. The van der Waals surface area contributed by atoms with Crippen LogP contribution in [0.25, 0.3) is 0 Å². The smallest absolute Gasteiger partial charge is 0.226 e. The summed E-state index contributed by atoms with van der Waals surface area (Å²) in [5, 5.41) is 13.2. The van der Waals surface area contributed by atoms with Crippen molar-refractivity contribution in [3.8, 4) is 6.07 Å². The molecule has 0 aromatic carbocycles. The van der Waals surface area contributed by atoms with Crippen molar-refractivity contribution in [2.45, 2.75) is 46.5 Å². The zero-order chi connectivity index (χ0) is 17.7. The van der Waals surface area contributed by atoms with Crippen LogP contribution in [-0.2, 0) is 17.6 Å². The molecule has 0 saturated carbocycles. The number of likely N-dealkylation sites (N-methyl/N-ethyl adjacent to an activating group) is 1. The van der Waals surface area contributed by atoms with Gasteiger partial charge in [0.25, 0.3) is 0 Å². The molecule has 0 spiro atoms. The molecule has 1 aromatic heterocycles. The standard InChI is InChI=1S/C19H27N3OS/c1-5-22(12-13(2)3)9-8-18(23)21-19-16(11-20)15-7-6-14(4)10-17(15)24-19/h14H,2,5-10,12H2,1,3-4H3,(H,21,23). The van der Waals surface area contributed by atoms with E-state index in [1.54, 1.807) is 11.3 Å². The third-order valence-electron chi connectivity index (χ3n) is 4.47. The Hall–Kier alpha value is -1.64. The van der Waals surface area contributed by atoms with Crippen LogP contribution in [0.2, 0.25) is 0 Å². The van der Waals surface area contributed by atoms with Gasteiger partial charge in [0.15, 0.2) is 0 Å². The Labute approximate surface area is 149 Å². The Morgan fingerprint density at radius 1 is 1.54 bits per heavy atom. The predicted octanol–water partition coefficient (Wildman–Crippen LogP) is 3.97. The molecule has 2 rings (SSSR count). The molecule has 4 nitrogen and oxygen atoms in total. The number of thiophene rings is 1. The quantitative estimate of drug-likeness (QED) is 0.761. The van der Waals surface area contributed by atoms with Crippen LogP contribution in [0.5, 0.6) is 0 Å². The van der Waals surface area contributed by atoms with Crippen molar-refractivity contribution in [3.05, 3.63) is 28.2 Å². The Balaban J connectivity index is 1.99. The van der Waals surface area contributed by atoms with Crippen LogP contribution in [0.3, 0.4) is 0 Å². The number of carbonyl (C=O) groups excluding carboxylic acids is 1. The van der Waals surface area contributed by atoms with Gasteiger partial charge in [-0.25, -0.2) is 0 Å². The van der Waals surface area contributed by atoms with Gasteiger partial charge < -0.3 is 5.32 Å². The highest BCUT2D eigenvalue weighted by Crippen LogP contribution is 2.39. The average Bonchev–Trinajstić information content (AvgIpc) is 2.86. The van der Waals surface area contributed by atoms with Crippen molar-refractivity contribution in [1.82, 2.24) is 4.90 Å². The number of rotatable bonds is 7. The van der Waals surface area contributed by atoms with Gasteiger partial charge in [-0.1, -0.05) is 26.0 Å². The Morgan fingerprint density at radius 2 is 2.29 bits per heavy atom. The number of anilines is 1. The van der Waals surface area contributed by atoms with Gasteiger partial charge in [0.05, 0.1) is 5.56 Å². The number of carbonyl (C=O) groups is 1. The van der Waals surface area contributed by atoms with Gasteiger partial charge in [0.2, 0.25) is 5.91 Å². The third kappa shape index (κ3) is 4.68. The number of amides is 1. The summed E-state index contributed by atoms with van der Waals surface area (Å²) in [6, 6.07) is 2.30. The van der Waals surface area contributed by atoms with Crippen molar-refractivity contribution in [1.29, 1.82) is 5.26 Å². The van der Waals surface area contributed by atoms with Crippen molar-refractivity contribution in [2.24, 2.45) is 5.92 Å². The molecule has 1 heterocycles. The highest BCUT2D eigenvalue weighted by atomic mass is 32.1. The second-order valence-electron chi connectivity index (χ2n) is 6.79. The maximum absolute atomic E-state index is 12.3. The fraction of sp³-hybridized carbons (Fsp3) is 0.579. The van der Waals surface area contributed by atoms with E-state index in [0.717, 1.165) is 48.5 Å². The maximum Gasteiger partial charge on any atom is 0.226 e. The number of fused-ring (bicyclic) bond motifs is 1. The van der Waals surface area contributed by atoms with Crippen LogP contribution in [0.15, 0.2) is 12.2 Å². The lowest BCUT2D eigenvalue weighted by Crippen LogP contribution is -2.29. The van der Waals surface area contributed by atoms with Crippen LogP contribution >= 0.6 is 11.3 Å². The maximum atomic E-state index is 12.3. The first-order valence-corrected chi connectivity index (χ1v) is 9.47. The summed E-state index contributed by atoms with van der Waals surface area (Å²) in [6.07, 6.45) is 3.53. The molecule has 1 atom stereocenters. The monoisotopic (exact) mass is 345 g/mol. The third-order valence-corrected chi connectivity index (χ3v) is 5.64. The summed E-state index contributed by atoms with van der Waals surface area (Å²) in [5.41, 5.74) is 2.95. The Bertz CT molecular complexity index is 656. The second-order valence-corrected chi connectivity index (χ2v) is 7.90. The molecular weight excluding hydrogens is 318 g/mol. The highest BCUT2D eigenvalue weighted by molar-refractivity contribution is 7.16. The normalized spacial score (nSPS) is 16.5. The summed E-state index contributed by atoms with van der Waals surface area (Å²) in [7, 11) is 0. The first-order chi connectivity index (χ1) is 11.4. The van der Waals surface area contributed by atoms with E-state index in [2.05, 4.69) is 36.7 Å². The molecule has 1 unspecified atom stereocenters. The van der Waals surface area contributed by atoms with E-state index in [0.29, 0.717) is 24.4 Å². The van der Waals surface area contributed by atoms with Gasteiger partial charge in [0, 0.05) is 24.4 Å². The molecule has 0 radical (unpaired) electrons. The van der Waals surface area contributed by atoms with Crippen LogP contribution in [0.1, 0.15) is 49.6 Å². The summed E-state index contributed by atoms with van der Waals surface area (Å²) < 4.78 is 0. The molecule has 0 saturated heterocycles. The summed E-state index contributed by atoms with van der Waals surface area (Å²) in [4.78, 5) is 15.8. The van der Waals surface area contributed by atoms with Crippen LogP contribution < -0.4 is 5.32 Å².